The van der Waals surface area contributed by atoms with E-state index < -0.39 is 0 Å². The summed E-state index contributed by atoms with van der Waals surface area (Å²) in [6, 6.07) is 7.86. The summed E-state index contributed by atoms with van der Waals surface area (Å²) in [7, 11) is 0. The van der Waals surface area contributed by atoms with Gasteiger partial charge in [0.25, 0.3) is 5.91 Å². The zero-order valence-corrected chi connectivity index (χ0v) is 20.0. The minimum absolute atomic E-state index is 0.102. The monoisotopic (exact) mass is 476 g/mol. The van der Waals surface area contributed by atoms with Gasteiger partial charge in [0.1, 0.15) is 22.3 Å². The number of benzene rings is 1. The second-order valence-electron chi connectivity index (χ2n) is 7.77. The highest BCUT2D eigenvalue weighted by Crippen LogP contribution is 2.37. The normalized spacial score (nSPS) is 14.1. The third-order valence-corrected chi connectivity index (χ3v) is 5.84. The highest BCUT2D eigenvalue weighted by molar-refractivity contribution is 6.33. The van der Waals surface area contributed by atoms with Gasteiger partial charge in [-0.15, -0.1) is 0 Å². The topological polar surface area (TPSA) is 96.0 Å². The van der Waals surface area contributed by atoms with Gasteiger partial charge in [-0.1, -0.05) is 11.6 Å². The molecule has 33 heavy (non-hydrogen) atoms. The van der Waals surface area contributed by atoms with Crippen LogP contribution in [-0.4, -0.2) is 61.5 Å². The number of halogens is 1. The molecule has 2 heterocycles. The molecule has 9 heteroatoms. The third kappa shape index (κ3) is 6.72. The molecule has 0 radical (unpaired) electrons. The molecule has 0 saturated carbocycles. The summed E-state index contributed by atoms with van der Waals surface area (Å²) in [4.78, 5) is 19.1. The van der Waals surface area contributed by atoms with Crippen LogP contribution >= 0.6 is 11.6 Å². The number of aliphatic hydroxyl groups excluding tert-OH is 1. The van der Waals surface area contributed by atoms with Crippen LogP contribution in [0.1, 0.15) is 42.6 Å². The summed E-state index contributed by atoms with van der Waals surface area (Å²) >= 11 is 6.49. The molecule has 3 N–H and O–H groups in total. The number of amides is 1. The molecular formula is C24H33ClN4O4. The fraction of sp³-hybridized carbons (Fsp3) is 0.500. The Labute approximate surface area is 200 Å². The Morgan fingerprint density at radius 3 is 2.42 bits per heavy atom. The number of piperidine rings is 1. The molecule has 1 saturated heterocycles. The van der Waals surface area contributed by atoms with Gasteiger partial charge in [0.05, 0.1) is 25.4 Å². The van der Waals surface area contributed by atoms with Crippen LogP contribution in [0.5, 0.6) is 11.5 Å². The van der Waals surface area contributed by atoms with E-state index in [0.29, 0.717) is 47.9 Å². The van der Waals surface area contributed by atoms with Gasteiger partial charge in [0, 0.05) is 25.3 Å². The van der Waals surface area contributed by atoms with Gasteiger partial charge in [-0.25, -0.2) is 4.98 Å². The summed E-state index contributed by atoms with van der Waals surface area (Å²) in [6.45, 7) is 7.46. The molecule has 1 fully saturated rings. The van der Waals surface area contributed by atoms with Crippen molar-refractivity contribution in [3.8, 4) is 11.5 Å². The fourth-order valence-electron chi connectivity index (χ4n) is 3.91. The number of anilines is 1. The molecule has 0 unspecified atom stereocenters. The molecule has 180 valence electrons. The van der Waals surface area contributed by atoms with E-state index in [1.54, 1.807) is 12.3 Å². The van der Waals surface area contributed by atoms with Crippen LogP contribution in [0.2, 0.25) is 5.02 Å². The summed E-state index contributed by atoms with van der Waals surface area (Å²) < 4.78 is 11.5. The maximum absolute atomic E-state index is 12.2. The molecular weight excluding hydrogens is 444 g/mol. The average molecular weight is 477 g/mol. The molecule has 8 nitrogen and oxygen atoms in total. The van der Waals surface area contributed by atoms with Crippen LogP contribution in [0.15, 0.2) is 30.5 Å². The molecule has 0 atom stereocenters. The summed E-state index contributed by atoms with van der Waals surface area (Å²) in [6.07, 6.45) is 3.56. The Morgan fingerprint density at radius 2 is 1.88 bits per heavy atom. The van der Waals surface area contributed by atoms with Crippen molar-refractivity contribution in [1.29, 1.82) is 0 Å². The molecule has 1 aliphatic rings. The number of nitrogens with zero attached hydrogens (tertiary/aromatic N) is 2. The first kappa shape index (κ1) is 25.1. The van der Waals surface area contributed by atoms with Gasteiger partial charge in [-0.2, -0.15) is 0 Å². The van der Waals surface area contributed by atoms with Gasteiger partial charge in [0.2, 0.25) is 0 Å². The largest absolute Gasteiger partial charge is 0.492 e. The van der Waals surface area contributed by atoms with Gasteiger partial charge >= 0.3 is 0 Å². The van der Waals surface area contributed by atoms with E-state index in [1.807, 2.05) is 32.0 Å². The van der Waals surface area contributed by atoms with E-state index in [4.69, 9.17) is 26.2 Å². The average Bonchev–Trinajstić information content (AvgIpc) is 2.84. The van der Waals surface area contributed by atoms with Crippen molar-refractivity contribution in [1.82, 2.24) is 15.6 Å². The second kappa shape index (κ2) is 12.6. The number of rotatable bonds is 11. The standard InChI is InChI=1S/C24H33ClN4O4/c1-3-32-20-13-17(14-21(23(20)25)33-4-2)16-29(19-7-9-26-10-8-19)22-6-5-18(15-28-22)24(31)27-11-12-30/h5-6,13-15,19,26,30H,3-4,7-12,16H2,1-2H3,(H,27,31). The zero-order chi connectivity index (χ0) is 23.6. The molecule has 0 aliphatic carbocycles. The van der Waals surface area contributed by atoms with E-state index in [2.05, 4.69) is 20.5 Å². The van der Waals surface area contributed by atoms with Crippen LogP contribution < -0.4 is 25.0 Å². The molecule has 0 spiro atoms. The molecule has 3 rings (SSSR count). The van der Waals surface area contributed by atoms with E-state index in [-0.39, 0.29) is 19.1 Å². The van der Waals surface area contributed by atoms with Crippen molar-refractivity contribution in [3.63, 3.8) is 0 Å². The number of hydrogen-bond donors (Lipinski definition) is 3. The fourth-order valence-corrected chi connectivity index (χ4v) is 4.13. The highest BCUT2D eigenvalue weighted by atomic mass is 35.5. The predicted octanol–water partition coefficient (Wildman–Crippen LogP) is 3.01. The number of aliphatic hydroxyl groups is 1. The van der Waals surface area contributed by atoms with Crippen LogP contribution in [0.3, 0.4) is 0 Å². The Kier molecular flexibility index (Phi) is 9.60. The number of carbonyl (C=O) groups is 1. The lowest BCUT2D eigenvalue weighted by atomic mass is 10.0. The van der Waals surface area contributed by atoms with Crippen molar-refractivity contribution in [2.75, 3.05) is 44.4 Å². The number of aromatic nitrogens is 1. The van der Waals surface area contributed by atoms with E-state index >= 15 is 0 Å². The van der Waals surface area contributed by atoms with Crippen LogP contribution in [0.4, 0.5) is 5.82 Å². The SMILES string of the molecule is CCOc1cc(CN(c2ccc(C(=O)NCCO)cn2)C2CCNCC2)cc(OCC)c1Cl. The first-order valence-corrected chi connectivity index (χ1v) is 11.9. The Balaban J connectivity index is 1.89. The lowest BCUT2D eigenvalue weighted by Gasteiger charge is -2.36. The lowest BCUT2D eigenvalue weighted by molar-refractivity contribution is 0.0944. The third-order valence-electron chi connectivity index (χ3n) is 5.47. The molecule has 1 amide bonds. The molecule has 1 aromatic heterocycles. The Bertz CT molecular complexity index is 877. The van der Waals surface area contributed by atoms with Gasteiger partial charge in [-0.05, 0) is 69.6 Å². The molecule has 1 aromatic carbocycles. The predicted molar refractivity (Wildman–Crippen MR) is 130 cm³/mol. The molecule has 1 aliphatic heterocycles. The summed E-state index contributed by atoms with van der Waals surface area (Å²) in [5.74, 6) is 1.76. The lowest BCUT2D eigenvalue weighted by Crippen LogP contribution is -2.43. The highest BCUT2D eigenvalue weighted by Gasteiger charge is 2.24. The number of pyridine rings is 1. The first-order chi connectivity index (χ1) is 16.1. The maximum atomic E-state index is 12.2. The van der Waals surface area contributed by atoms with E-state index in [9.17, 15) is 4.79 Å². The molecule has 2 aromatic rings. The quantitative estimate of drug-likeness (QED) is 0.458. The minimum Gasteiger partial charge on any atom is -0.492 e. The number of ether oxygens (including phenoxy) is 2. The van der Waals surface area contributed by atoms with Crippen LogP contribution in [-0.2, 0) is 6.54 Å². The molecule has 0 bridgehead atoms. The van der Waals surface area contributed by atoms with E-state index in [0.717, 1.165) is 37.3 Å². The van der Waals surface area contributed by atoms with Crippen molar-refractivity contribution in [3.05, 3.63) is 46.6 Å². The van der Waals surface area contributed by atoms with Crippen LogP contribution in [0.25, 0.3) is 0 Å². The smallest absolute Gasteiger partial charge is 0.252 e. The minimum atomic E-state index is -0.253. The Hall–Kier alpha value is -2.55. The first-order valence-electron chi connectivity index (χ1n) is 11.5. The van der Waals surface area contributed by atoms with E-state index in [1.165, 1.54) is 0 Å². The van der Waals surface area contributed by atoms with Crippen molar-refractivity contribution < 1.29 is 19.4 Å². The van der Waals surface area contributed by atoms with Crippen LogP contribution in [0, 0.1) is 0 Å². The van der Waals surface area contributed by atoms with Gasteiger partial charge in [-0.3, -0.25) is 4.79 Å². The van der Waals surface area contributed by atoms with Crippen molar-refractivity contribution >= 4 is 23.3 Å². The van der Waals surface area contributed by atoms with Gasteiger partial charge < -0.3 is 30.1 Å². The number of hydrogen-bond acceptors (Lipinski definition) is 7. The number of nitrogens with one attached hydrogen (secondary N) is 2. The van der Waals surface area contributed by atoms with Crippen molar-refractivity contribution in [2.45, 2.75) is 39.3 Å². The number of carbonyl (C=O) groups excluding carboxylic acids is 1. The summed E-state index contributed by atoms with van der Waals surface area (Å²) in [5.41, 5.74) is 1.47. The van der Waals surface area contributed by atoms with Gasteiger partial charge in [0.15, 0.2) is 0 Å². The maximum Gasteiger partial charge on any atom is 0.252 e. The Morgan fingerprint density at radius 1 is 1.21 bits per heavy atom. The second-order valence-corrected chi connectivity index (χ2v) is 8.14. The van der Waals surface area contributed by atoms with Crippen molar-refractivity contribution in [2.24, 2.45) is 0 Å². The summed E-state index contributed by atoms with van der Waals surface area (Å²) in [5, 5.41) is 15.5. The zero-order valence-electron chi connectivity index (χ0n) is 19.3.